The molecule has 1 rings (SSSR count). The van der Waals surface area contributed by atoms with E-state index in [4.69, 9.17) is 13.3 Å². The number of para-hydroxylation sites is 1. The maximum atomic E-state index is 5.47. The molecule has 0 heterocycles. The maximum Gasteiger partial charge on any atom is 0.558 e. The third-order valence-electron chi connectivity index (χ3n) is 2.98. The highest BCUT2D eigenvalue weighted by Crippen LogP contribution is 2.21. The summed E-state index contributed by atoms with van der Waals surface area (Å²) >= 11 is 0. The van der Waals surface area contributed by atoms with Crippen molar-refractivity contribution in [1.29, 1.82) is 0 Å². The minimum absolute atomic E-state index is 0. The normalized spacial score (nSPS) is 12.1. The van der Waals surface area contributed by atoms with E-state index in [-0.39, 0.29) is 12.4 Å². The molecule has 0 N–H and O–H groups in total. The van der Waals surface area contributed by atoms with Crippen molar-refractivity contribution in [1.82, 2.24) is 4.48 Å². The number of quaternary nitrogens is 1. The molecular formula is C12H22ClNO3Si. The van der Waals surface area contributed by atoms with Crippen LogP contribution in [0, 0.1) is 0 Å². The van der Waals surface area contributed by atoms with Crippen LogP contribution in [0.25, 0.3) is 0 Å². The van der Waals surface area contributed by atoms with E-state index in [1.54, 1.807) is 21.3 Å². The summed E-state index contributed by atoms with van der Waals surface area (Å²) in [6, 6.07) is 10.3. The second-order valence-electron chi connectivity index (χ2n) is 4.47. The average Bonchev–Trinajstić information content (AvgIpc) is 2.37. The third kappa shape index (κ3) is 4.05. The lowest BCUT2D eigenvalue weighted by Gasteiger charge is -2.35. The summed E-state index contributed by atoms with van der Waals surface area (Å²) in [5.41, 5.74) is 1.20. The lowest BCUT2D eigenvalue weighted by molar-refractivity contribution is -0.00000928. The smallest absolute Gasteiger partial charge is 0.558 e. The Balaban J connectivity index is 0.00000289. The summed E-state index contributed by atoms with van der Waals surface area (Å²) in [4.78, 5) is 0. The molecule has 0 aliphatic rings. The first kappa shape index (κ1) is 17.6. The first-order chi connectivity index (χ1) is 7.99. The van der Waals surface area contributed by atoms with Gasteiger partial charge in [0.15, 0.2) is 6.17 Å². The number of hydrogen-bond donors (Lipinski definition) is 0. The molecule has 0 aliphatic heterocycles. The molecule has 0 spiro atoms. The molecule has 4 nitrogen and oxygen atoms in total. The molecule has 0 atom stereocenters. The summed E-state index contributed by atoms with van der Waals surface area (Å²) in [7, 11) is 6.60. The highest BCUT2D eigenvalue weighted by molar-refractivity contribution is 6.61. The molecule has 18 heavy (non-hydrogen) atoms. The molecule has 0 fully saturated rings. The number of hydrogen-bond acceptors (Lipinski definition) is 3. The van der Waals surface area contributed by atoms with Crippen LogP contribution in [0.5, 0.6) is 0 Å². The SMILES string of the molecule is CO[Si](C[N+](C)(C)c1ccccc1)(OC)OC.[Cl-]. The van der Waals surface area contributed by atoms with E-state index in [9.17, 15) is 0 Å². The van der Waals surface area contributed by atoms with Gasteiger partial charge in [-0.1, -0.05) is 18.2 Å². The third-order valence-corrected chi connectivity index (χ3v) is 6.02. The van der Waals surface area contributed by atoms with Crippen LogP contribution in [0.2, 0.25) is 0 Å². The van der Waals surface area contributed by atoms with E-state index >= 15 is 0 Å². The highest BCUT2D eigenvalue weighted by Gasteiger charge is 2.46. The molecule has 0 aromatic heterocycles. The van der Waals surface area contributed by atoms with Gasteiger partial charge in [-0.15, -0.1) is 0 Å². The van der Waals surface area contributed by atoms with Crippen molar-refractivity contribution in [2.75, 3.05) is 41.6 Å². The van der Waals surface area contributed by atoms with Gasteiger partial charge in [-0.3, -0.25) is 4.48 Å². The first-order valence-corrected chi connectivity index (χ1v) is 7.47. The van der Waals surface area contributed by atoms with Gasteiger partial charge in [0.1, 0.15) is 5.69 Å². The van der Waals surface area contributed by atoms with E-state index in [1.807, 2.05) is 18.2 Å². The standard InChI is InChI=1S/C12H22NO3Si.ClH/c1-13(2,12-9-7-6-8-10-12)11-17(14-3,15-4)16-5;/h6-10H,11H2,1-5H3;1H/q+1;/p-1. The van der Waals surface area contributed by atoms with Gasteiger partial charge >= 0.3 is 8.80 Å². The van der Waals surface area contributed by atoms with Crippen molar-refractivity contribution in [3.8, 4) is 0 Å². The Labute approximate surface area is 117 Å². The summed E-state index contributed by atoms with van der Waals surface area (Å²) in [5, 5.41) is 0. The molecule has 6 heteroatoms. The van der Waals surface area contributed by atoms with Gasteiger partial charge in [-0.2, -0.15) is 0 Å². The number of halogens is 1. The van der Waals surface area contributed by atoms with Crippen LogP contribution in [0.1, 0.15) is 0 Å². The van der Waals surface area contributed by atoms with E-state index in [1.165, 1.54) is 5.69 Å². The molecule has 0 amide bonds. The predicted octanol–water partition coefficient (Wildman–Crippen LogP) is -1.33. The molecule has 0 aliphatic carbocycles. The minimum atomic E-state index is -2.56. The molecule has 0 saturated carbocycles. The Morgan fingerprint density at radius 1 is 0.944 bits per heavy atom. The van der Waals surface area contributed by atoms with Crippen molar-refractivity contribution >= 4 is 14.5 Å². The second kappa shape index (κ2) is 7.23. The summed E-state index contributed by atoms with van der Waals surface area (Å²) in [6.45, 7) is 0. The fourth-order valence-corrected chi connectivity index (χ4v) is 3.89. The monoisotopic (exact) mass is 291 g/mol. The summed E-state index contributed by atoms with van der Waals surface area (Å²) in [6.07, 6.45) is 0.695. The Morgan fingerprint density at radius 3 is 1.78 bits per heavy atom. The molecule has 0 radical (unpaired) electrons. The predicted molar refractivity (Wildman–Crippen MR) is 71.7 cm³/mol. The number of nitrogens with zero attached hydrogens (tertiary/aromatic N) is 1. The molecule has 1 aromatic carbocycles. The summed E-state index contributed by atoms with van der Waals surface area (Å²) in [5.74, 6) is 0. The van der Waals surface area contributed by atoms with Crippen molar-refractivity contribution in [2.45, 2.75) is 0 Å². The Hall–Kier alpha value is -0.433. The lowest BCUT2D eigenvalue weighted by Crippen LogP contribution is -3.00. The number of rotatable bonds is 6. The molecule has 1 aromatic rings. The van der Waals surface area contributed by atoms with E-state index < -0.39 is 8.80 Å². The highest BCUT2D eigenvalue weighted by atomic mass is 35.5. The van der Waals surface area contributed by atoms with Crippen molar-refractivity contribution in [2.24, 2.45) is 0 Å². The van der Waals surface area contributed by atoms with Gasteiger partial charge in [-0.05, 0) is 12.1 Å². The zero-order chi connectivity index (χ0) is 12.9. The molecule has 0 saturated heterocycles. The van der Waals surface area contributed by atoms with Crippen LogP contribution >= 0.6 is 0 Å². The van der Waals surface area contributed by atoms with E-state index in [2.05, 4.69) is 26.2 Å². The summed E-state index contributed by atoms with van der Waals surface area (Å²) < 4.78 is 17.1. The molecular weight excluding hydrogens is 270 g/mol. The van der Waals surface area contributed by atoms with Crippen LogP contribution in [-0.2, 0) is 13.3 Å². The van der Waals surface area contributed by atoms with Crippen LogP contribution in [0.3, 0.4) is 0 Å². The van der Waals surface area contributed by atoms with Gasteiger partial charge in [0.25, 0.3) is 0 Å². The molecule has 0 bridgehead atoms. The topological polar surface area (TPSA) is 27.7 Å². The lowest BCUT2D eigenvalue weighted by atomic mass is 10.3. The van der Waals surface area contributed by atoms with Gasteiger partial charge in [0.05, 0.1) is 14.1 Å². The second-order valence-corrected chi connectivity index (χ2v) is 7.38. The van der Waals surface area contributed by atoms with Crippen LogP contribution in [0.4, 0.5) is 5.69 Å². The number of benzene rings is 1. The largest absolute Gasteiger partial charge is 1.00 e. The van der Waals surface area contributed by atoms with Crippen LogP contribution < -0.4 is 16.9 Å². The van der Waals surface area contributed by atoms with Crippen molar-refractivity contribution in [3.05, 3.63) is 30.3 Å². The maximum absolute atomic E-state index is 5.47. The van der Waals surface area contributed by atoms with Gasteiger partial charge in [-0.25, -0.2) is 0 Å². The minimum Gasteiger partial charge on any atom is -1.00 e. The Bertz CT molecular complexity index is 336. The molecule has 104 valence electrons. The van der Waals surface area contributed by atoms with Gasteiger partial charge < -0.3 is 25.7 Å². The van der Waals surface area contributed by atoms with Crippen molar-refractivity contribution < 1.29 is 25.7 Å². The molecule has 0 unspecified atom stereocenters. The quantitative estimate of drug-likeness (QED) is 0.480. The average molecular weight is 292 g/mol. The fraction of sp³-hybridized carbons (Fsp3) is 0.500. The first-order valence-electron chi connectivity index (χ1n) is 5.54. The zero-order valence-electron chi connectivity index (χ0n) is 11.6. The van der Waals surface area contributed by atoms with Crippen LogP contribution in [-0.4, -0.2) is 50.4 Å². The van der Waals surface area contributed by atoms with Crippen LogP contribution in [0.15, 0.2) is 30.3 Å². The van der Waals surface area contributed by atoms with Crippen molar-refractivity contribution in [3.63, 3.8) is 0 Å². The zero-order valence-corrected chi connectivity index (χ0v) is 13.4. The van der Waals surface area contributed by atoms with Gasteiger partial charge in [0.2, 0.25) is 0 Å². The van der Waals surface area contributed by atoms with E-state index in [0.717, 1.165) is 0 Å². The Morgan fingerprint density at radius 2 is 1.39 bits per heavy atom. The van der Waals surface area contributed by atoms with Gasteiger partial charge in [0, 0.05) is 21.3 Å². The fourth-order valence-electron chi connectivity index (χ4n) is 1.85. The van der Waals surface area contributed by atoms with E-state index in [0.29, 0.717) is 10.7 Å². The Kier molecular flexibility index (Phi) is 7.05.